The number of hydrogen-bond acceptors (Lipinski definition) is 2. The van der Waals surface area contributed by atoms with Gasteiger partial charge in [0.15, 0.2) is 0 Å². The minimum absolute atomic E-state index is 0.414. The Balaban J connectivity index is 2.41. The first-order chi connectivity index (χ1) is 6.53. The summed E-state index contributed by atoms with van der Waals surface area (Å²) >= 11 is 0. The van der Waals surface area contributed by atoms with E-state index >= 15 is 0 Å². The normalized spacial score (nSPS) is 18.6. The van der Waals surface area contributed by atoms with E-state index in [0.717, 1.165) is 0 Å². The lowest BCUT2D eigenvalue weighted by Crippen LogP contribution is -2.04. The van der Waals surface area contributed by atoms with Crippen LogP contribution in [0.5, 0.6) is 5.75 Å². The van der Waals surface area contributed by atoms with E-state index < -0.39 is 23.3 Å². The molecule has 1 aliphatic carbocycles. The van der Waals surface area contributed by atoms with E-state index in [9.17, 15) is 13.9 Å². The average molecular weight is 200 g/mol. The molecule has 1 aromatic rings. The van der Waals surface area contributed by atoms with Crippen LogP contribution in [-0.4, -0.2) is 10.2 Å². The summed E-state index contributed by atoms with van der Waals surface area (Å²) in [6.45, 7) is 0. The number of aliphatic hydroxyl groups is 1. The summed E-state index contributed by atoms with van der Waals surface area (Å²) in [5.74, 6) is -0.423. The number of aromatic hydroxyl groups is 1. The highest BCUT2D eigenvalue weighted by molar-refractivity contribution is 5.40. The van der Waals surface area contributed by atoms with Gasteiger partial charge in [-0.15, -0.1) is 0 Å². The number of rotatable bonds is 2. The molecule has 0 amide bonds. The number of halogens is 2. The Hall–Kier alpha value is -1.16. The predicted octanol–water partition coefficient (Wildman–Crippen LogP) is 2.31. The van der Waals surface area contributed by atoms with Crippen molar-refractivity contribution in [2.75, 3.05) is 0 Å². The topological polar surface area (TPSA) is 40.5 Å². The first-order valence-corrected chi connectivity index (χ1v) is 4.37. The number of phenolic OH excluding ortho intramolecular Hbond substituents is 1. The van der Waals surface area contributed by atoms with Crippen LogP contribution in [0.25, 0.3) is 0 Å². The molecule has 2 nitrogen and oxygen atoms in total. The number of phenols is 1. The summed E-state index contributed by atoms with van der Waals surface area (Å²) in [5.41, 5.74) is -0.884. The van der Waals surface area contributed by atoms with E-state index in [4.69, 9.17) is 5.11 Å². The second-order valence-electron chi connectivity index (χ2n) is 3.61. The minimum atomic E-state index is -2.71. The molecule has 0 spiro atoms. The van der Waals surface area contributed by atoms with Gasteiger partial charge in [0, 0.05) is 0 Å². The third-order valence-electron chi connectivity index (χ3n) is 2.52. The van der Waals surface area contributed by atoms with Crippen molar-refractivity contribution in [2.45, 2.75) is 24.9 Å². The zero-order valence-corrected chi connectivity index (χ0v) is 7.37. The van der Waals surface area contributed by atoms with Crippen LogP contribution in [0.15, 0.2) is 18.2 Å². The van der Waals surface area contributed by atoms with E-state index in [1.54, 1.807) is 0 Å². The molecule has 4 heteroatoms. The third kappa shape index (κ3) is 1.46. The summed E-state index contributed by atoms with van der Waals surface area (Å²) in [6.07, 6.45) is -1.52. The third-order valence-corrected chi connectivity index (χ3v) is 2.52. The molecule has 1 aliphatic rings. The Kier molecular flexibility index (Phi) is 1.96. The van der Waals surface area contributed by atoms with E-state index in [-0.39, 0.29) is 0 Å². The molecule has 1 saturated carbocycles. The molecule has 14 heavy (non-hydrogen) atoms. The maximum absolute atomic E-state index is 12.4. The largest absolute Gasteiger partial charge is 0.507 e. The Labute approximate surface area is 79.8 Å². The SMILES string of the molecule is Oc1ccc(C2(O)CC2)cc1C(F)F. The first kappa shape index (κ1) is 9.40. The van der Waals surface area contributed by atoms with Gasteiger partial charge in [-0.1, -0.05) is 6.07 Å². The number of hydrogen-bond donors (Lipinski definition) is 2. The minimum Gasteiger partial charge on any atom is -0.507 e. The van der Waals surface area contributed by atoms with Gasteiger partial charge >= 0.3 is 0 Å². The maximum Gasteiger partial charge on any atom is 0.267 e. The molecule has 2 N–H and O–H groups in total. The van der Waals surface area contributed by atoms with Crippen molar-refractivity contribution in [2.24, 2.45) is 0 Å². The molecule has 0 aliphatic heterocycles. The second kappa shape index (κ2) is 2.92. The van der Waals surface area contributed by atoms with Gasteiger partial charge < -0.3 is 10.2 Å². The summed E-state index contributed by atoms with van der Waals surface area (Å²) in [5, 5.41) is 18.8. The van der Waals surface area contributed by atoms with Crippen molar-refractivity contribution in [3.05, 3.63) is 29.3 Å². The average Bonchev–Trinajstić information content (AvgIpc) is 2.85. The lowest BCUT2D eigenvalue weighted by atomic mass is 10.0. The molecule has 1 fully saturated rings. The lowest BCUT2D eigenvalue weighted by Gasteiger charge is -2.10. The van der Waals surface area contributed by atoms with E-state index in [1.165, 1.54) is 18.2 Å². The van der Waals surface area contributed by atoms with Crippen LogP contribution in [0.2, 0.25) is 0 Å². The van der Waals surface area contributed by atoms with Crippen LogP contribution in [0, 0.1) is 0 Å². The quantitative estimate of drug-likeness (QED) is 0.769. The number of benzene rings is 1. The zero-order chi connectivity index (χ0) is 10.3. The fraction of sp³-hybridized carbons (Fsp3) is 0.400. The predicted molar refractivity (Wildman–Crippen MR) is 46.2 cm³/mol. The van der Waals surface area contributed by atoms with Crippen molar-refractivity contribution < 1.29 is 19.0 Å². The highest BCUT2D eigenvalue weighted by Gasteiger charge is 2.42. The van der Waals surface area contributed by atoms with E-state index in [1.807, 2.05) is 0 Å². The van der Waals surface area contributed by atoms with E-state index in [2.05, 4.69) is 0 Å². The Morgan fingerprint density at radius 3 is 2.43 bits per heavy atom. The molecule has 0 bridgehead atoms. The standard InChI is InChI=1S/C10H10F2O2/c11-9(12)7-5-6(1-2-8(7)13)10(14)3-4-10/h1-2,5,9,13-14H,3-4H2. The lowest BCUT2D eigenvalue weighted by molar-refractivity contribution is 0.141. The molecule has 0 heterocycles. The van der Waals surface area contributed by atoms with Gasteiger partial charge in [-0.2, -0.15) is 0 Å². The molecule has 0 radical (unpaired) electrons. The second-order valence-corrected chi connectivity index (χ2v) is 3.61. The zero-order valence-electron chi connectivity index (χ0n) is 7.37. The van der Waals surface area contributed by atoms with Gasteiger partial charge in [0.2, 0.25) is 0 Å². The van der Waals surface area contributed by atoms with Crippen molar-refractivity contribution in [1.29, 1.82) is 0 Å². The van der Waals surface area contributed by atoms with Gasteiger partial charge in [0.05, 0.1) is 11.2 Å². The van der Waals surface area contributed by atoms with Crippen molar-refractivity contribution in [3.63, 3.8) is 0 Å². The van der Waals surface area contributed by atoms with Gasteiger partial charge in [0.25, 0.3) is 6.43 Å². The molecule has 2 rings (SSSR count). The van der Waals surface area contributed by atoms with Crippen molar-refractivity contribution in [3.8, 4) is 5.75 Å². The fourth-order valence-electron chi connectivity index (χ4n) is 1.43. The van der Waals surface area contributed by atoms with Crippen LogP contribution in [0.1, 0.15) is 30.4 Å². The van der Waals surface area contributed by atoms with Gasteiger partial charge in [0.1, 0.15) is 5.75 Å². The van der Waals surface area contributed by atoms with Crippen LogP contribution in [0.3, 0.4) is 0 Å². The van der Waals surface area contributed by atoms with Gasteiger partial charge in [-0.3, -0.25) is 0 Å². The van der Waals surface area contributed by atoms with Crippen LogP contribution >= 0.6 is 0 Å². The molecule has 0 unspecified atom stereocenters. The van der Waals surface area contributed by atoms with Crippen LogP contribution in [0.4, 0.5) is 8.78 Å². The molecule has 1 aromatic carbocycles. The molecular weight excluding hydrogens is 190 g/mol. The maximum atomic E-state index is 12.4. The van der Waals surface area contributed by atoms with Crippen molar-refractivity contribution in [1.82, 2.24) is 0 Å². The van der Waals surface area contributed by atoms with Crippen LogP contribution < -0.4 is 0 Å². The molecule has 0 atom stereocenters. The molecule has 76 valence electrons. The fourth-order valence-corrected chi connectivity index (χ4v) is 1.43. The van der Waals surface area contributed by atoms with Crippen molar-refractivity contribution >= 4 is 0 Å². The highest BCUT2D eigenvalue weighted by Crippen LogP contribution is 2.46. The molecule has 0 saturated heterocycles. The summed E-state index contributed by atoms with van der Waals surface area (Å²) in [4.78, 5) is 0. The Morgan fingerprint density at radius 2 is 1.93 bits per heavy atom. The van der Waals surface area contributed by atoms with Gasteiger partial charge in [-0.05, 0) is 30.5 Å². The smallest absolute Gasteiger partial charge is 0.267 e. The van der Waals surface area contributed by atoms with Gasteiger partial charge in [-0.25, -0.2) is 8.78 Å². The summed E-state index contributed by atoms with van der Waals surface area (Å²) in [7, 11) is 0. The van der Waals surface area contributed by atoms with Crippen LogP contribution in [-0.2, 0) is 5.60 Å². The summed E-state index contributed by atoms with van der Waals surface area (Å²) in [6, 6.07) is 3.86. The monoisotopic (exact) mass is 200 g/mol. The summed E-state index contributed by atoms with van der Waals surface area (Å²) < 4.78 is 24.7. The molecule has 0 aromatic heterocycles. The van der Waals surface area contributed by atoms with E-state index in [0.29, 0.717) is 18.4 Å². The number of alkyl halides is 2. The highest BCUT2D eigenvalue weighted by atomic mass is 19.3. The Morgan fingerprint density at radius 1 is 1.29 bits per heavy atom. The Bertz CT molecular complexity index is 359. The molecular formula is C10H10F2O2. The first-order valence-electron chi connectivity index (χ1n) is 4.37.